The van der Waals surface area contributed by atoms with Gasteiger partial charge in [0.2, 0.25) is 10.3 Å². The van der Waals surface area contributed by atoms with Gasteiger partial charge in [0.1, 0.15) is 4.99 Å². The van der Waals surface area contributed by atoms with Crippen LogP contribution in [0.1, 0.15) is 0 Å². The molecule has 0 aromatic carbocycles. The van der Waals surface area contributed by atoms with Crippen molar-refractivity contribution >= 4 is 21.3 Å². The number of carbonyl (C=O) groups excluding carboxylic acids is 1. The lowest BCUT2D eigenvalue weighted by Gasteiger charge is -2.26. The fraction of sp³-hybridized carbons (Fsp3) is 0.600. The molecule has 8 heteroatoms. The minimum absolute atomic E-state index is 0.0880. The lowest BCUT2D eigenvalue weighted by Crippen LogP contribution is -2.57. The smallest absolute Gasteiger partial charge is 0.327 e. The van der Waals surface area contributed by atoms with Crippen molar-refractivity contribution in [3.05, 3.63) is 0 Å². The van der Waals surface area contributed by atoms with E-state index < -0.39 is 16.3 Å². The summed E-state index contributed by atoms with van der Waals surface area (Å²) >= 11 is 0. The quantitative estimate of drug-likeness (QED) is 0.411. The van der Waals surface area contributed by atoms with Crippen LogP contribution < -0.4 is 16.5 Å². The molecule has 0 unspecified atom stereocenters. The Labute approximate surface area is 76.4 Å². The Morgan fingerprint density at radius 1 is 1.62 bits per heavy atom. The second kappa shape index (κ2) is 4.21. The molecule has 74 valence electrons. The highest BCUT2D eigenvalue weighted by atomic mass is 32.2. The van der Waals surface area contributed by atoms with E-state index in [0.29, 0.717) is 13.1 Å². The molecule has 1 rings (SSSR count). The number of amides is 2. The van der Waals surface area contributed by atoms with Gasteiger partial charge in [-0.05, 0) is 0 Å². The Morgan fingerprint density at radius 3 is 2.85 bits per heavy atom. The zero-order chi connectivity index (χ0) is 9.84. The van der Waals surface area contributed by atoms with Crippen molar-refractivity contribution in [3.63, 3.8) is 0 Å². The number of primary amides is 1. The summed E-state index contributed by atoms with van der Waals surface area (Å²) in [6, 6.07) is -0.773. The fourth-order valence-corrected chi connectivity index (χ4v) is 1.54. The fourth-order valence-electron chi connectivity index (χ4n) is 1.01. The van der Waals surface area contributed by atoms with E-state index in [4.69, 9.17) is 5.73 Å². The maximum atomic E-state index is 10.6. The van der Waals surface area contributed by atoms with Crippen molar-refractivity contribution in [2.75, 3.05) is 19.6 Å². The molecule has 1 aliphatic rings. The van der Waals surface area contributed by atoms with Gasteiger partial charge in [0.25, 0.3) is 0 Å². The van der Waals surface area contributed by atoms with Crippen LogP contribution in [0.4, 0.5) is 4.79 Å². The number of hydrogen-bond acceptors (Lipinski definition) is 4. The molecule has 1 fully saturated rings. The number of nitrogens with one attached hydrogen (secondary N) is 2. The van der Waals surface area contributed by atoms with Crippen molar-refractivity contribution in [3.8, 4) is 0 Å². The highest BCUT2D eigenvalue weighted by Crippen LogP contribution is 1.89. The molecule has 1 saturated heterocycles. The molecular formula is C5H10N4O3S. The highest BCUT2D eigenvalue weighted by Gasteiger charge is 2.19. The molecule has 1 heterocycles. The van der Waals surface area contributed by atoms with E-state index in [2.05, 4.69) is 10.7 Å². The van der Waals surface area contributed by atoms with Gasteiger partial charge in [-0.1, -0.05) is 0 Å². The van der Waals surface area contributed by atoms with Crippen LogP contribution in [0.5, 0.6) is 0 Å². The molecule has 2 amide bonds. The Kier molecular flexibility index (Phi) is 3.23. The molecule has 1 aliphatic heterocycles. The Hall–Kier alpha value is -1.12. The summed E-state index contributed by atoms with van der Waals surface area (Å²) in [6.07, 6.45) is 0. The minimum Gasteiger partial charge on any atom is -0.351 e. The standard InChI is InChI=1S/C5H10N4O3S/c6-5(10)8-9-2-1-7-3-4(9)13(11)12/h7H,1-3H2,(H3,6,8,10). The van der Waals surface area contributed by atoms with Crippen LogP contribution in [-0.4, -0.2) is 44.1 Å². The Balaban J connectivity index is 2.80. The zero-order valence-electron chi connectivity index (χ0n) is 6.78. The van der Waals surface area contributed by atoms with Crippen molar-refractivity contribution in [2.45, 2.75) is 0 Å². The molecule has 0 aliphatic carbocycles. The molecule has 0 aromatic heterocycles. The predicted molar refractivity (Wildman–Crippen MR) is 46.2 cm³/mol. The van der Waals surface area contributed by atoms with Crippen LogP contribution in [0.2, 0.25) is 0 Å². The third-order valence-corrected chi connectivity index (χ3v) is 2.28. The number of nitrogens with zero attached hydrogens (tertiary/aromatic N) is 1. The monoisotopic (exact) mass is 206 g/mol. The number of carbonyl (C=O) groups is 1. The van der Waals surface area contributed by atoms with Crippen molar-refractivity contribution in [1.29, 1.82) is 0 Å². The van der Waals surface area contributed by atoms with Gasteiger partial charge in [0.05, 0.1) is 0 Å². The molecule has 0 radical (unpaired) electrons. The molecule has 0 aromatic rings. The summed E-state index contributed by atoms with van der Waals surface area (Å²) in [6.45, 7) is 1.18. The van der Waals surface area contributed by atoms with Crippen LogP contribution >= 0.6 is 0 Å². The van der Waals surface area contributed by atoms with Gasteiger partial charge < -0.3 is 11.1 Å². The molecular weight excluding hydrogens is 196 g/mol. The molecule has 0 bridgehead atoms. The average molecular weight is 206 g/mol. The second-order valence-corrected chi connectivity index (χ2v) is 3.37. The van der Waals surface area contributed by atoms with Gasteiger partial charge in [0, 0.05) is 19.6 Å². The number of hydrogen-bond donors (Lipinski definition) is 3. The van der Waals surface area contributed by atoms with Crippen molar-refractivity contribution in [1.82, 2.24) is 15.8 Å². The zero-order valence-corrected chi connectivity index (χ0v) is 7.60. The minimum atomic E-state index is -2.34. The van der Waals surface area contributed by atoms with Gasteiger partial charge in [-0.3, -0.25) is 5.43 Å². The van der Waals surface area contributed by atoms with Gasteiger partial charge >= 0.3 is 6.03 Å². The third-order valence-electron chi connectivity index (χ3n) is 1.53. The molecule has 4 N–H and O–H groups in total. The van der Waals surface area contributed by atoms with Crippen LogP contribution in [-0.2, 0) is 10.3 Å². The maximum Gasteiger partial charge on any atom is 0.327 e. The molecule has 0 spiro atoms. The molecule has 0 atom stereocenters. The van der Waals surface area contributed by atoms with Crippen molar-refractivity contribution in [2.24, 2.45) is 5.73 Å². The summed E-state index contributed by atoms with van der Waals surface area (Å²) in [4.78, 5) is 10.6. The maximum absolute atomic E-state index is 10.6. The largest absolute Gasteiger partial charge is 0.351 e. The van der Waals surface area contributed by atoms with Crippen molar-refractivity contribution < 1.29 is 13.2 Å². The second-order valence-electron chi connectivity index (χ2n) is 2.43. The number of rotatable bonds is 1. The van der Waals surface area contributed by atoms with Gasteiger partial charge in [0.15, 0.2) is 0 Å². The highest BCUT2D eigenvalue weighted by molar-refractivity contribution is 7.72. The van der Waals surface area contributed by atoms with Crippen LogP contribution in [0.25, 0.3) is 0 Å². The molecule has 13 heavy (non-hydrogen) atoms. The average Bonchev–Trinajstić information content (AvgIpc) is 2.03. The lowest BCUT2D eigenvalue weighted by atomic mass is 10.4. The topological polar surface area (TPSA) is 105 Å². The summed E-state index contributed by atoms with van der Waals surface area (Å²) in [5.74, 6) is 0. The van der Waals surface area contributed by atoms with E-state index in [-0.39, 0.29) is 11.5 Å². The van der Waals surface area contributed by atoms with Crippen LogP contribution in [0.15, 0.2) is 0 Å². The first-order chi connectivity index (χ1) is 6.11. The van der Waals surface area contributed by atoms with Crippen LogP contribution in [0, 0.1) is 0 Å². The molecule has 0 saturated carbocycles. The summed E-state index contributed by atoms with van der Waals surface area (Å²) < 4.78 is 21.3. The first kappa shape index (κ1) is 9.96. The SMILES string of the molecule is NC(=O)NN1CCNCC1=S(=O)=O. The number of nitrogens with two attached hydrogens (primary N) is 1. The number of piperazine rings is 1. The molecule has 7 nitrogen and oxygen atoms in total. The summed E-state index contributed by atoms with van der Waals surface area (Å²) in [7, 11) is -2.34. The normalized spacial score (nSPS) is 18.3. The lowest BCUT2D eigenvalue weighted by molar-refractivity contribution is 0.222. The first-order valence-corrected chi connectivity index (χ1v) is 4.68. The Morgan fingerprint density at radius 2 is 2.31 bits per heavy atom. The van der Waals surface area contributed by atoms with E-state index in [9.17, 15) is 13.2 Å². The number of hydrazine groups is 1. The van der Waals surface area contributed by atoms with E-state index in [1.165, 1.54) is 5.01 Å². The third kappa shape index (κ3) is 2.68. The van der Waals surface area contributed by atoms with Gasteiger partial charge in [-0.25, -0.2) is 4.79 Å². The van der Waals surface area contributed by atoms with Gasteiger partial charge in [-0.15, -0.1) is 0 Å². The predicted octanol–water partition coefficient (Wildman–Crippen LogP) is -2.52. The van der Waals surface area contributed by atoms with E-state index >= 15 is 0 Å². The van der Waals surface area contributed by atoms with Crippen LogP contribution in [0.3, 0.4) is 0 Å². The van der Waals surface area contributed by atoms with E-state index in [0.717, 1.165) is 0 Å². The first-order valence-electron chi connectivity index (χ1n) is 3.60. The van der Waals surface area contributed by atoms with Gasteiger partial charge in [-0.2, -0.15) is 13.4 Å². The summed E-state index contributed by atoms with van der Waals surface area (Å²) in [5, 5.41) is 4.08. The van der Waals surface area contributed by atoms with E-state index in [1.807, 2.05) is 0 Å². The number of urea groups is 1. The summed E-state index contributed by atoms with van der Waals surface area (Å²) in [5.41, 5.74) is 7.07. The van der Waals surface area contributed by atoms with E-state index in [1.54, 1.807) is 0 Å². The Bertz CT molecular complexity index is 328.